The number of nitrogens with zero attached hydrogens (tertiary/aromatic N) is 2. The molecule has 19 heavy (non-hydrogen) atoms. The van der Waals surface area contributed by atoms with E-state index in [1.165, 1.54) is 38.5 Å². The summed E-state index contributed by atoms with van der Waals surface area (Å²) in [6.07, 6.45) is 9.01. The van der Waals surface area contributed by atoms with E-state index in [0.29, 0.717) is 5.89 Å². The van der Waals surface area contributed by atoms with Crippen molar-refractivity contribution in [2.24, 2.45) is 23.5 Å². The number of nitrogens with two attached hydrogens (primary N) is 1. The lowest BCUT2D eigenvalue weighted by Gasteiger charge is -2.55. The van der Waals surface area contributed by atoms with E-state index in [-0.39, 0.29) is 11.5 Å². The maximum atomic E-state index is 6.00. The van der Waals surface area contributed by atoms with Crippen LogP contribution in [-0.2, 0) is 5.41 Å². The molecular weight excluding hydrogens is 238 g/mol. The Bertz CT molecular complexity index is 446. The molecule has 4 fully saturated rings. The molecule has 0 saturated heterocycles. The molecule has 4 aliphatic rings. The molecule has 1 aromatic rings. The van der Waals surface area contributed by atoms with Crippen molar-refractivity contribution < 1.29 is 4.52 Å². The zero-order valence-electron chi connectivity index (χ0n) is 11.6. The fourth-order valence-electron chi connectivity index (χ4n) is 5.16. The van der Waals surface area contributed by atoms with E-state index in [1.807, 2.05) is 0 Å². The summed E-state index contributed by atoms with van der Waals surface area (Å²) in [5.74, 6) is 4.33. The van der Waals surface area contributed by atoms with Crippen molar-refractivity contribution in [1.29, 1.82) is 0 Å². The average Bonchev–Trinajstić information content (AvgIpc) is 2.86. The molecule has 0 radical (unpaired) electrons. The molecule has 1 unspecified atom stereocenters. The highest BCUT2D eigenvalue weighted by atomic mass is 16.5. The minimum atomic E-state index is -0.102. The van der Waals surface area contributed by atoms with Crippen LogP contribution >= 0.6 is 0 Å². The van der Waals surface area contributed by atoms with Gasteiger partial charge in [0, 0.05) is 5.41 Å². The van der Waals surface area contributed by atoms with E-state index in [2.05, 4.69) is 17.1 Å². The number of hydrogen-bond acceptors (Lipinski definition) is 4. The Hall–Kier alpha value is -0.900. The first-order chi connectivity index (χ1) is 9.18. The van der Waals surface area contributed by atoms with Gasteiger partial charge in [-0.25, -0.2) is 0 Å². The van der Waals surface area contributed by atoms with E-state index < -0.39 is 0 Å². The van der Waals surface area contributed by atoms with Crippen LogP contribution in [0.15, 0.2) is 4.52 Å². The molecule has 0 aliphatic heterocycles. The van der Waals surface area contributed by atoms with Gasteiger partial charge >= 0.3 is 0 Å². The number of aromatic nitrogens is 2. The van der Waals surface area contributed by atoms with Crippen molar-refractivity contribution in [3.05, 3.63) is 11.7 Å². The minimum absolute atomic E-state index is 0.102. The first kappa shape index (κ1) is 11.9. The third-order valence-electron chi connectivity index (χ3n) is 5.71. The molecule has 4 heteroatoms. The molecule has 4 bridgehead atoms. The Balaban J connectivity index is 1.66. The van der Waals surface area contributed by atoms with Crippen LogP contribution < -0.4 is 5.73 Å². The van der Waals surface area contributed by atoms with Gasteiger partial charge in [0.25, 0.3) is 0 Å². The molecule has 104 valence electrons. The molecule has 1 heterocycles. The van der Waals surface area contributed by atoms with E-state index in [0.717, 1.165) is 30.0 Å². The summed E-state index contributed by atoms with van der Waals surface area (Å²) in [5, 5.41) is 4.31. The largest absolute Gasteiger partial charge is 0.338 e. The van der Waals surface area contributed by atoms with Gasteiger partial charge in [0.2, 0.25) is 5.89 Å². The number of rotatable bonds is 3. The zero-order valence-corrected chi connectivity index (χ0v) is 11.6. The van der Waals surface area contributed by atoms with Gasteiger partial charge in [-0.1, -0.05) is 12.1 Å². The lowest BCUT2D eigenvalue weighted by atomic mass is 9.49. The Morgan fingerprint density at radius 1 is 1.21 bits per heavy atom. The van der Waals surface area contributed by atoms with E-state index >= 15 is 0 Å². The van der Waals surface area contributed by atoms with Crippen LogP contribution in [0.3, 0.4) is 0 Å². The second-order valence-corrected chi connectivity index (χ2v) is 7.17. The maximum absolute atomic E-state index is 6.00. The summed E-state index contributed by atoms with van der Waals surface area (Å²) >= 11 is 0. The maximum Gasteiger partial charge on any atom is 0.243 e. The van der Waals surface area contributed by atoms with E-state index in [1.54, 1.807) is 0 Å². The lowest BCUT2D eigenvalue weighted by molar-refractivity contribution is -0.0103. The Labute approximate surface area is 114 Å². The van der Waals surface area contributed by atoms with Gasteiger partial charge in [-0.15, -0.1) is 0 Å². The van der Waals surface area contributed by atoms with Gasteiger partial charge in [0.1, 0.15) is 0 Å². The highest BCUT2D eigenvalue weighted by molar-refractivity contribution is 5.16. The van der Waals surface area contributed by atoms with Gasteiger partial charge in [-0.2, -0.15) is 4.98 Å². The van der Waals surface area contributed by atoms with Crippen molar-refractivity contribution in [2.75, 3.05) is 0 Å². The quantitative estimate of drug-likeness (QED) is 0.908. The molecule has 1 aromatic heterocycles. The topological polar surface area (TPSA) is 64.9 Å². The Morgan fingerprint density at radius 3 is 2.32 bits per heavy atom. The van der Waals surface area contributed by atoms with Crippen molar-refractivity contribution in [2.45, 2.75) is 63.3 Å². The van der Waals surface area contributed by atoms with Crippen LogP contribution in [0.1, 0.15) is 69.6 Å². The van der Waals surface area contributed by atoms with Gasteiger partial charge in [-0.3, -0.25) is 0 Å². The SMILES string of the molecule is CCC(N)c1nc(C23CC4CC(CC(C4)C2)C3)no1. The summed E-state index contributed by atoms with van der Waals surface area (Å²) in [6, 6.07) is -0.102. The van der Waals surface area contributed by atoms with E-state index in [9.17, 15) is 0 Å². The molecule has 4 saturated carbocycles. The molecule has 0 amide bonds. The van der Waals surface area contributed by atoms with Gasteiger partial charge < -0.3 is 10.3 Å². The smallest absolute Gasteiger partial charge is 0.243 e. The minimum Gasteiger partial charge on any atom is -0.338 e. The molecule has 0 aromatic carbocycles. The second-order valence-electron chi connectivity index (χ2n) is 7.17. The second kappa shape index (κ2) is 4.05. The van der Waals surface area contributed by atoms with Crippen molar-refractivity contribution in [1.82, 2.24) is 10.1 Å². The lowest BCUT2D eigenvalue weighted by Crippen LogP contribution is -2.49. The predicted molar refractivity (Wildman–Crippen MR) is 71.4 cm³/mol. The van der Waals surface area contributed by atoms with Crippen LogP contribution in [0, 0.1) is 17.8 Å². The fourth-order valence-corrected chi connectivity index (χ4v) is 5.16. The van der Waals surface area contributed by atoms with Crippen LogP contribution in [0.4, 0.5) is 0 Å². The van der Waals surface area contributed by atoms with Crippen molar-refractivity contribution in [3.8, 4) is 0 Å². The number of hydrogen-bond donors (Lipinski definition) is 1. The van der Waals surface area contributed by atoms with E-state index in [4.69, 9.17) is 10.3 Å². The zero-order chi connectivity index (χ0) is 13.0. The normalized spacial score (nSPS) is 41.7. The molecule has 1 atom stereocenters. The van der Waals surface area contributed by atoms with Gasteiger partial charge in [-0.05, 0) is 62.7 Å². The summed E-state index contributed by atoms with van der Waals surface area (Å²) in [4.78, 5) is 4.67. The summed E-state index contributed by atoms with van der Waals surface area (Å²) in [7, 11) is 0. The Kier molecular flexibility index (Phi) is 2.53. The van der Waals surface area contributed by atoms with Crippen molar-refractivity contribution in [3.63, 3.8) is 0 Å². The van der Waals surface area contributed by atoms with Gasteiger partial charge in [0.05, 0.1) is 6.04 Å². The Morgan fingerprint density at radius 2 is 1.79 bits per heavy atom. The monoisotopic (exact) mass is 261 g/mol. The van der Waals surface area contributed by atoms with Gasteiger partial charge in [0.15, 0.2) is 5.82 Å². The molecular formula is C15H23N3O. The molecule has 0 spiro atoms. The fraction of sp³-hybridized carbons (Fsp3) is 0.867. The summed E-state index contributed by atoms with van der Waals surface area (Å²) < 4.78 is 5.42. The molecule has 4 aliphatic carbocycles. The molecule has 4 nitrogen and oxygen atoms in total. The molecule has 2 N–H and O–H groups in total. The third-order valence-corrected chi connectivity index (χ3v) is 5.71. The van der Waals surface area contributed by atoms with Crippen LogP contribution in [-0.4, -0.2) is 10.1 Å². The highest BCUT2D eigenvalue weighted by Gasteiger charge is 2.53. The average molecular weight is 261 g/mol. The third kappa shape index (κ3) is 1.76. The molecule has 5 rings (SSSR count). The predicted octanol–water partition coefficient (Wildman–Crippen LogP) is 2.95. The van der Waals surface area contributed by atoms with Crippen LogP contribution in [0.5, 0.6) is 0 Å². The highest BCUT2D eigenvalue weighted by Crippen LogP contribution is 2.60. The van der Waals surface area contributed by atoms with Crippen LogP contribution in [0.2, 0.25) is 0 Å². The first-order valence-corrected chi connectivity index (χ1v) is 7.78. The summed E-state index contributed by atoms with van der Waals surface area (Å²) in [6.45, 7) is 2.05. The summed E-state index contributed by atoms with van der Waals surface area (Å²) in [5.41, 5.74) is 6.23. The standard InChI is InChI=1S/C15H23N3O/c1-2-12(16)13-17-14(18-19-13)15-6-9-3-10(7-15)5-11(4-9)8-15/h9-12H,2-8,16H2,1H3. The first-order valence-electron chi connectivity index (χ1n) is 7.78. The van der Waals surface area contributed by atoms with Crippen LogP contribution in [0.25, 0.3) is 0 Å². The van der Waals surface area contributed by atoms with Crippen molar-refractivity contribution >= 4 is 0 Å².